The van der Waals surface area contributed by atoms with Crippen LogP contribution in [0.1, 0.15) is 44.6 Å². The summed E-state index contributed by atoms with van der Waals surface area (Å²) < 4.78 is 0. The fraction of sp³-hybridized carbons (Fsp3) is 0.440. The van der Waals surface area contributed by atoms with E-state index in [0.29, 0.717) is 12.5 Å². The molecule has 3 rings (SSSR count). The van der Waals surface area contributed by atoms with Gasteiger partial charge in [0.15, 0.2) is 0 Å². The van der Waals surface area contributed by atoms with Crippen LogP contribution < -0.4 is 16.0 Å². The summed E-state index contributed by atoms with van der Waals surface area (Å²) in [5.74, 6) is 0.561. The number of nitrogens with one attached hydrogen (secondary N) is 3. The summed E-state index contributed by atoms with van der Waals surface area (Å²) in [6.45, 7) is 7.58. The van der Waals surface area contributed by atoms with Gasteiger partial charge in [-0.05, 0) is 74.6 Å². The number of likely N-dealkylation sites (tertiary alicyclic amines) is 1. The summed E-state index contributed by atoms with van der Waals surface area (Å²) in [5, 5.41) is 8.76. The number of nitrogens with zero attached hydrogens (tertiary/aromatic N) is 1. The standard InChI is InChI=1S/C25H34N4O2/c1-19(2)24(30)27-23-11-6-8-21(18-23)20-12-16-29(17-13-20)15-7-14-26-25(31)28-22-9-4-3-5-10-22/h3-6,8-11,18-20H,7,12-17H2,1-2H3,(H,27,30)(H2,26,28,31). The van der Waals surface area contributed by atoms with E-state index >= 15 is 0 Å². The molecule has 0 spiro atoms. The quantitative estimate of drug-likeness (QED) is 0.541. The molecule has 1 heterocycles. The van der Waals surface area contributed by atoms with E-state index in [0.717, 1.165) is 50.3 Å². The van der Waals surface area contributed by atoms with Crippen LogP contribution in [0.15, 0.2) is 54.6 Å². The van der Waals surface area contributed by atoms with Crippen LogP contribution in [0.4, 0.5) is 16.2 Å². The first kappa shape index (κ1) is 22.8. The van der Waals surface area contributed by atoms with Gasteiger partial charge < -0.3 is 20.9 Å². The Hall–Kier alpha value is -2.86. The zero-order chi connectivity index (χ0) is 22.1. The van der Waals surface area contributed by atoms with Crippen molar-refractivity contribution in [1.82, 2.24) is 10.2 Å². The van der Waals surface area contributed by atoms with E-state index in [2.05, 4.69) is 33.0 Å². The maximum absolute atomic E-state index is 12.0. The van der Waals surface area contributed by atoms with Gasteiger partial charge in [0.05, 0.1) is 0 Å². The number of rotatable bonds is 8. The minimum atomic E-state index is -0.158. The Bertz CT molecular complexity index is 846. The molecule has 31 heavy (non-hydrogen) atoms. The van der Waals surface area contributed by atoms with E-state index in [4.69, 9.17) is 0 Å². The number of piperidine rings is 1. The highest BCUT2D eigenvalue weighted by Crippen LogP contribution is 2.29. The second kappa shape index (κ2) is 11.5. The third-order valence-electron chi connectivity index (χ3n) is 5.71. The molecule has 3 N–H and O–H groups in total. The number of carbonyl (C=O) groups excluding carboxylic acids is 2. The molecule has 2 aromatic carbocycles. The van der Waals surface area contributed by atoms with Gasteiger partial charge in [0.2, 0.25) is 5.91 Å². The summed E-state index contributed by atoms with van der Waals surface area (Å²) in [6, 6.07) is 17.6. The van der Waals surface area contributed by atoms with E-state index < -0.39 is 0 Å². The summed E-state index contributed by atoms with van der Waals surface area (Å²) in [7, 11) is 0. The second-order valence-corrected chi connectivity index (χ2v) is 8.49. The first-order valence-electron chi connectivity index (χ1n) is 11.2. The minimum Gasteiger partial charge on any atom is -0.338 e. The molecule has 1 saturated heterocycles. The average Bonchev–Trinajstić information content (AvgIpc) is 2.78. The van der Waals surface area contributed by atoms with E-state index in [1.807, 2.05) is 56.3 Å². The second-order valence-electron chi connectivity index (χ2n) is 8.49. The lowest BCUT2D eigenvalue weighted by Gasteiger charge is -2.32. The third kappa shape index (κ3) is 7.40. The Kier molecular flexibility index (Phi) is 8.47. The molecule has 6 heteroatoms. The predicted molar refractivity (Wildman–Crippen MR) is 126 cm³/mol. The number of urea groups is 1. The van der Waals surface area contributed by atoms with E-state index in [-0.39, 0.29) is 17.9 Å². The lowest BCUT2D eigenvalue weighted by atomic mass is 9.89. The number of carbonyl (C=O) groups is 2. The highest BCUT2D eigenvalue weighted by molar-refractivity contribution is 5.92. The van der Waals surface area contributed by atoms with Gasteiger partial charge in [-0.2, -0.15) is 0 Å². The Morgan fingerprint density at radius 2 is 1.68 bits per heavy atom. The molecule has 0 atom stereocenters. The highest BCUT2D eigenvalue weighted by atomic mass is 16.2. The van der Waals surface area contributed by atoms with Crippen molar-refractivity contribution in [2.75, 3.05) is 36.8 Å². The average molecular weight is 423 g/mol. The molecular formula is C25H34N4O2. The lowest BCUT2D eigenvalue weighted by Crippen LogP contribution is -2.36. The molecule has 2 aromatic rings. The summed E-state index contributed by atoms with van der Waals surface area (Å²) >= 11 is 0. The maximum atomic E-state index is 12.0. The summed E-state index contributed by atoms with van der Waals surface area (Å²) in [5.41, 5.74) is 2.99. The van der Waals surface area contributed by atoms with Crippen molar-refractivity contribution in [3.63, 3.8) is 0 Å². The predicted octanol–water partition coefficient (Wildman–Crippen LogP) is 4.67. The SMILES string of the molecule is CC(C)C(=O)Nc1cccc(C2CCN(CCCNC(=O)Nc3ccccc3)CC2)c1. The highest BCUT2D eigenvalue weighted by Gasteiger charge is 2.20. The molecule has 166 valence electrons. The molecule has 0 unspecified atom stereocenters. The molecule has 1 fully saturated rings. The normalized spacial score (nSPS) is 14.9. The van der Waals surface area contributed by atoms with Crippen molar-refractivity contribution in [3.05, 3.63) is 60.2 Å². The first-order valence-corrected chi connectivity index (χ1v) is 11.2. The van der Waals surface area contributed by atoms with Crippen molar-refractivity contribution < 1.29 is 9.59 Å². The topological polar surface area (TPSA) is 73.5 Å². The van der Waals surface area contributed by atoms with Gasteiger partial charge in [-0.15, -0.1) is 0 Å². The first-order chi connectivity index (χ1) is 15.0. The number of hydrogen-bond donors (Lipinski definition) is 3. The lowest BCUT2D eigenvalue weighted by molar-refractivity contribution is -0.118. The fourth-order valence-electron chi connectivity index (χ4n) is 3.85. The van der Waals surface area contributed by atoms with E-state index in [1.54, 1.807) is 0 Å². The minimum absolute atomic E-state index is 0.0224. The summed E-state index contributed by atoms with van der Waals surface area (Å²) in [4.78, 5) is 26.4. The molecular weight excluding hydrogens is 388 g/mol. The Labute approximate surface area is 185 Å². The molecule has 6 nitrogen and oxygen atoms in total. The number of para-hydroxylation sites is 1. The van der Waals surface area contributed by atoms with Gasteiger partial charge in [0.1, 0.15) is 0 Å². The van der Waals surface area contributed by atoms with Crippen molar-refractivity contribution in [2.45, 2.75) is 39.0 Å². The molecule has 0 radical (unpaired) electrons. The van der Waals surface area contributed by atoms with Crippen LogP contribution in [0.2, 0.25) is 0 Å². The van der Waals surface area contributed by atoms with Gasteiger partial charge >= 0.3 is 6.03 Å². The Morgan fingerprint density at radius 3 is 2.39 bits per heavy atom. The monoisotopic (exact) mass is 422 g/mol. The molecule has 1 aliphatic rings. The molecule has 0 aromatic heterocycles. The molecule has 0 saturated carbocycles. The fourth-order valence-corrected chi connectivity index (χ4v) is 3.85. The molecule has 1 aliphatic heterocycles. The maximum Gasteiger partial charge on any atom is 0.319 e. The Balaban J connectivity index is 1.35. The van der Waals surface area contributed by atoms with Crippen molar-refractivity contribution >= 4 is 23.3 Å². The smallest absolute Gasteiger partial charge is 0.319 e. The van der Waals surface area contributed by atoms with Crippen LogP contribution in [-0.4, -0.2) is 43.0 Å². The van der Waals surface area contributed by atoms with Crippen LogP contribution in [0.3, 0.4) is 0 Å². The van der Waals surface area contributed by atoms with Crippen molar-refractivity contribution in [3.8, 4) is 0 Å². The van der Waals surface area contributed by atoms with Gasteiger partial charge in [0, 0.05) is 23.8 Å². The van der Waals surface area contributed by atoms with Crippen LogP contribution in [0.5, 0.6) is 0 Å². The number of hydrogen-bond acceptors (Lipinski definition) is 3. The van der Waals surface area contributed by atoms with Crippen molar-refractivity contribution in [2.24, 2.45) is 5.92 Å². The van der Waals surface area contributed by atoms with Gasteiger partial charge in [-0.25, -0.2) is 4.79 Å². The van der Waals surface area contributed by atoms with Gasteiger partial charge in [0.25, 0.3) is 0 Å². The number of amides is 3. The zero-order valence-electron chi connectivity index (χ0n) is 18.6. The van der Waals surface area contributed by atoms with Crippen LogP contribution in [0.25, 0.3) is 0 Å². The molecule has 3 amide bonds. The Morgan fingerprint density at radius 1 is 0.968 bits per heavy atom. The van der Waals surface area contributed by atoms with Crippen LogP contribution >= 0.6 is 0 Å². The van der Waals surface area contributed by atoms with Crippen LogP contribution in [0, 0.1) is 5.92 Å². The summed E-state index contributed by atoms with van der Waals surface area (Å²) in [6.07, 6.45) is 3.16. The largest absolute Gasteiger partial charge is 0.338 e. The van der Waals surface area contributed by atoms with Crippen molar-refractivity contribution in [1.29, 1.82) is 0 Å². The van der Waals surface area contributed by atoms with E-state index in [1.165, 1.54) is 5.56 Å². The number of benzene rings is 2. The van der Waals surface area contributed by atoms with Crippen LogP contribution in [-0.2, 0) is 4.79 Å². The molecule has 0 aliphatic carbocycles. The van der Waals surface area contributed by atoms with E-state index in [9.17, 15) is 9.59 Å². The van der Waals surface area contributed by atoms with Gasteiger partial charge in [-0.1, -0.05) is 44.2 Å². The van der Waals surface area contributed by atoms with Gasteiger partial charge in [-0.3, -0.25) is 4.79 Å². The third-order valence-corrected chi connectivity index (χ3v) is 5.71. The zero-order valence-corrected chi connectivity index (χ0v) is 18.6. The number of anilines is 2. The molecule has 0 bridgehead atoms.